The quantitative estimate of drug-likeness (QED) is 0.517. The average molecular weight is 397 g/mol. The maximum absolute atomic E-state index is 12.9. The molecule has 0 spiro atoms. The monoisotopic (exact) mass is 397 g/mol. The number of hydrogen-bond acceptors (Lipinski definition) is 3. The summed E-state index contributed by atoms with van der Waals surface area (Å²) < 4.78 is 48.9. The first-order valence-electron chi connectivity index (χ1n) is 7.97. The Hall–Kier alpha value is -3.43. The molecular formula is C18H15F4N3O3. The fourth-order valence-corrected chi connectivity index (χ4v) is 2.06. The van der Waals surface area contributed by atoms with E-state index >= 15 is 0 Å². The van der Waals surface area contributed by atoms with Crippen LogP contribution >= 0.6 is 0 Å². The number of amides is 3. The van der Waals surface area contributed by atoms with Crippen molar-refractivity contribution < 1.29 is 31.9 Å². The summed E-state index contributed by atoms with van der Waals surface area (Å²) in [4.78, 5) is 34.5. The van der Waals surface area contributed by atoms with Gasteiger partial charge in [-0.3, -0.25) is 14.4 Å². The summed E-state index contributed by atoms with van der Waals surface area (Å²) in [6.07, 6.45) is -4.97. The molecule has 2 aromatic rings. The summed E-state index contributed by atoms with van der Waals surface area (Å²) in [6, 6.07) is 10.7. The number of alkyl halides is 3. The first kappa shape index (κ1) is 20.9. The lowest BCUT2D eigenvalue weighted by molar-refractivity contribution is -0.173. The van der Waals surface area contributed by atoms with E-state index in [1.807, 2.05) is 0 Å². The van der Waals surface area contributed by atoms with Crippen LogP contribution in [0.1, 0.15) is 20.7 Å². The number of anilines is 1. The zero-order valence-corrected chi connectivity index (χ0v) is 14.3. The summed E-state index contributed by atoms with van der Waals surface area (Å²) in [5, 5.41) is 6.56. The van der Waals surface area contributed by atoms with E-state index < -0.39 is 29.7 Å². The molecule has 28 heavy (non-hydrogen) atoms. The number of benzene rings is 2. The van der Waals surface area contributed by atoms with Crippen molar-refractivity contribution in [1.29, 1.82) is 0 Å². The van der Waals surface area contributed by atoms with Crippen molar-refractivity contribution >= 4 is 23.4 Å². The molecule has 148 valence electrons. The maximum atomic E-state index is 12.9. The minimum atomic E-state index is -4.97. The van der Waals surface area contributed by atoms with Crippen LogP contribution in [0.3, 0.4) is 0 Å². The Balaban J connectivity index is 1.82. The second-order valence-electron chi connectivity index (χ2n) is 5.55. The van der Waals surface area contributed by atoms with Crippen LogP contribution in [-0.4, -0.2) is 37.0 Å². The topological polar surface area (TPSA) is 87.3 Å². The number of carbonyl (C=O) groups is 3. The van der Waals surface area contributed by atoms with Crippen molar-refractivity contribution in [2.75, 3.05) is 18.4 Å². The average Bonchev–Trinajstić information content (AvgIpc) is 2.65. The number of halogens is 4. The smallest absolute Gasteiger partial charge is 0.350 e. The highest BCUT2D eigenvalue weighted by molar-refractivity contribution is 6.04. The van der Waals surface area contributed by atoms with Crippen molar-refractivity contribution in [2.24, 2.45) is 0 Å². The summed E-state index contributed by atoms with van der Waals surface area (Å²) in [5.41, 5.74) is 0.856. The molecule has 3 amide bonds. The molecule has 0 aliphatic rings. The lowest BCUT2D eigenvalue weighted by Gasteiger charge is -2.09. The van der Waals surface area contributed by atoms with Crippen LogP contribution < -0.4 is 16.0 Å². The summed E-state index contributed by atoms with van der Waals surface area (Å²) in [7, 11) is 0. The van der Waals surface area contributed by atoms with E-state index in [0.717, 1.165) is 12.1 Å². The van der Waals surface area contributed by atoms with E-state index in [4.69, 9.17) is 0 Å². The molecule has 0 aliphatic heterocycles. The van der Waals surface area contributed by atoms with Crippen LogP contribution in [0.4, 0.5) is 23.2 Å². The molecule has 0 saturated heterocycles. The molecule has 0 fully saturated rings. The van der Waals surface area contributed by atoms with E-state index in [0.29, 0.717) is 5.69 Å². The van der Waals surface area contributed by atoms with Gasteiger partial charge in [0.15, 0.2) is 0 Å². The predicted octanol–water partition coefficient (Wildman–Crippen LogP) is 2.49. The van der Waals surface area contributed by atoms with E-state index in [-0.39, 0.29) is 24.2 Å². The molecule has 0 bridgehead atoms. The molecule has 3 N–H and O–H groups in total. The first-order valence-corrected chi connectivity index (χ1v) is 7.97. The third kappa shape index (κ3) is 6.08. The lowest BCUT2D eigenvalue weighted by Crippen LogP contribution is -2.41. The minimum absolute atomic E-state index is 0.191. The van der Waals surface area contributed by atoms with Gasteiger partial charge in [0.1, 0.15) is 5.82 Å². The summed E-state index contributed by atoms with van der Waals surface area (Å²) >= 11 is 0. The highest BCUT2D eigenvalue weighted by Gasteiger charge is 2.38. The standard InChI is InChI=1S/C18H15F4N3O3/c19-13-5-1-12(2-6-13)16(27)25-14-7-3-11(4-8-14)15(26)23-9-10-24-17(28)18(20,21)22/h1-8H,9-10H2,(H,23,26)(H,24,28)(H,25,27). The van der Waals surface area contributed by atoms with Gasteiger partial charge in [0.2, 0.25) is 0 Å². The van der Waals surface area contributed by atoms with Gasteiger partial charge in [-0.05, 0) is 48.5 Å². The minimum Gasteiger partial charge on any atom is -0.350 e. The Labute approximate surface area is 156 Å². The van der Waals surface area contributed by atoms with Crippen LogP contribution in [0.25, 0.3) is 0 Å². The van der Waals surface area contributed by atoms with Crippen molar-refractivity contribution in [1.82, 2.24) is 10.6 Å². The molecule has 2 rings (SSSR count). The molecule has 0 saturated carbocycles. The third-order valence-corrected chi connectivity index (χ3v) is 3.46. The normalized spacial score (nSPS) is 10.9. The first-order chi connectivity index (χ1) is 13.2. The lowest BCUT2D eigenvalue weighted by atomic mass is 10.1. The number of hydrogen-bond donors (Lipinski definition) is 3. The van der Waals surface area contributed by atoms with E-state index in [2.05, 4.69) is 10.6 Å². The predicted molar refractivity (Wildman–Crippen MR) is 92.2 cm³/mol. The van der Waals surface area contributed by atoms with Gasteiger partial charge < -0.3 is 16.0 Å². The SMILES string of the molecule is O=C(NCCNC(=O)C(F)(F)F)c1ccc(NC(=O)c2ccc(F)cc2)cc1. The fraction of sp³-hybridized carbons (Fsp3) is 0.167. The number of nitrogens with one attached hydrogen (secondary N) is 3. The molecule has 0 aromatic heterocycles. The molecule has 6 nitrogen and oxygen atoms in total. The molecule has 0 radical (unpaired) electrons. The molecule has 0 heterocycles. The molecule has 0 atom stereocenters. The van der Waals surface area contributed by atoms with Crippen LogP contribution in [0.15, 0.2) is 48.5 Å². The molecule has 0 unspecified atom stereocenters. The Morgan fingerprint density at radius 3 is 1.82 bits per heavy atom. The van der Waals surface area contributed by atoms with Crippen molar-refractivity contribution in [3.63, 3.8) is 0 Å². The van der Waals surface area contributed by atoms with Gasteiger partial charge in [0.25, 0.3) is 11.8 Å². The Bertz CT molecular complexity index is 850. The number of carbonyl (C=O) groups excluding carboxylic acids is 3. The van der Waals surface area contributed by atoms with Gasteiger partial charge in [-0.15, -0.1) is 0 Å². The molecular weight excluding hydrogens is 382 g/mol. The van der Waals surface area contributed by atoms with Crippen molar-refractivity contribution in [3.8, 4) is 0 Å². The van der Waals surface area contributed by atoms with Crippen LogP contribution in [0.2, 0.25) is 0 Å². The Kier molecular flexibility index (Phi) is 6.69. The Morgan fingerprint density at radius 1 is 0.750 bits per heavy atom. The van der Waals surface area contributed by atoms with Crippen LogP contribution in [0, 0.1) is 5.82 Å². The summed E-state index contributed by atoms with van der Waals surface area (Å²) in [6.45, 7) is -0.570. The van der Waals surface area contributed by atoms with Gasteiger partial charge in [-0.25, -0.2) is 4.39 Å². The third-order valence-electron chi connectivity index (χ3n) is 3.46. The van der Waals surface area contributed by atoms with Gasteiger partial charge in [0.05, 0.1) is 0 Å². The molecule has 2 aromatic carbocycles. The fourth-order valence-electron chi connectivity index (χ4n) is 2.06. The van der Waals surface area contributed by atoms with Crippen molar-refractivity contribution in [2.45, 2.75) is 6.18 Å². The van der Waals surface area contributed by atoms with Gasteiger partial charge >= 0.3 is 12.1 Å². The second kappa shape index (κ2) is 8.98. The van der Waals surface area contributed by atoms with Crippen LogP contribution in [0.5, 0.6) is 0 Å². The zero-order chi connectivity index (χ0) is 20.7. The van der Waals surface area contributed by atoms with Gasteiger partial charge in [0, 0.05) is 29.9 Å². The maximum Gasteiger partial charge on any atom is 0.471 e. The summed E-state index contributed by atoms with van der Waals surface area (Å²) in [5.74, 6) is -3.57. The van der Waals surface area contributed by atoms with Gasteiger partial charge in [-0.2, -0.15) is 13.2 Å². The highest BCUT2D eigenvalue weighted by Crippen LogP contribution is 2.14. The van der Waals surface area contributed by atoms with Crippen molar-refractivity contribution in [3.05, 3.63) is 65.5 Å². The number of rotatable bonds is 6. The van der Waals surface area contributed by atoms with Gasteiger partial charge in [-0.1, -0.05) is 0 Å². The second-order valence-corrected chi connectivity index (χ2v) is 5.55. The molecule has 0 aliphatic carbocycles. The van der Waals surface area contributed by atoms with E-state index in [1.165, 1.54) is 36.4 Å². The van der Waals surface area contributed by atoms with Crippen LogP contribution in [-0.2, 0) is 4.79 Å². The van der Waals surface area contributed by atoms with E-state index in [9.17, 15) is 31.9 Å². The Morgan fingerprint density at radius 2 is 1.25 bits per heavy atom. The zero-order valence-electron chi connectivity index (χ0n) is 14.3. The molecule has 10 heteroatoms. The largest absolute Gasteiger partial charge is 0.471 e. The van der Waals surface area contributed by atoms with E-state index in [1.54, 1.807) is 5.32 Å². The highest BCUT2D eigenvalue weighted by atomic mass is 19.4.